The number of halogens is 1. The first-order chi connectivity index (χ1) is 8.79. The van der Waals surface area contributed by atoms with Crippen LogP contribution < -0.4 is 11.3 Å². The molecule has 1 aromatic carbocycles. The van der Waals surface area contributed by atoms with Crippen molar-refractivity contribution in [2.24, 2.45) is 5.84 Å². The lowest BCUT2D eigenvalue weighted by Gasteiger charge is -2.04. The maximum atomic E-state index is 5.86. The third-order valence-corrected chi connectivity index (χ3v) is 2.71. The second-order valence-electron chi connectivity index (χ2n) is 3.61. The Morgan fingerprint density at radius 1 is 1.17 bits per heavy atom. The fourth-order valence-corrected chi connectivity index (χ4v) is 1.92. The molecule has 0 spiro atoms. The molecule has 0 aliphatic rings. The molecule has 3 rings (SSSR count). The molecule has 0 fully saturated rings. The molecule has 3 aromatic rings. The molecular weight excluding hydrogens is 252 g/mol. The number of anilines is 1. The van der Waals surface area contributed by atoms with Gasteiger partial charge in [0.1, 0.15) is 6.33 Å². The third-order valence-electron chi connectivity index (χ3n) is 2.54. The summed E-state index contributed by atoms with van der Waals surface area (Å²) < 4.78 is 1.82. The summed E-state index contributed by atoms with van der Waals surface area (Å²) in [5, 5.41) is 0.119. The van der Waals surface area contributed by atoms with Gasteiger partial charge in [0.2, 0.25) is 5.28 Å². The Hall–Kier alpha value is -2.18. The molecule has 3 N–H and O–H groups in total. The average molecular weight is 261 g/mol. The van der Waals surface area contributed by atoms with E-state index in [9.17, 15) is 0 Å². The summed E-state index contributed by atoms with van der Waals surface area (Å²) in [4.78, 5) is 12.4. The van der Waals surface area contributed by atoms with Crippen molar-refractivity contribution < 1.29 is 0 Å². The van der Waals surface area contributed by atoms with Crippen molar-refractivity contribution in [2.45, 2.75) is 0 Å². The van der Waals surface area contributed by atoms with Crippen molar-refractivity contribution in [3.8, 4) is 5.69 Å². The van der Waals surface area contributed by atoms with Gasteiger partial charge in [-0.05, 0) is 23.7 Å². The number of rotatable bonds is 2. The number of benzene rings is 1. The number of para-hydroxylation sites is 1. The van der Waals surface area contributed by atoms with Crippen molar-refractivity contribution >= 4 is 28.6 Å². The monoisotopic (exact) mass is 260 g/mol. The highest BCUT2D eigenvalue weighted by Gasteiger charge is 2.12. The molecule has 90 valence electrons. The summed E-state index contributed by atoms with van der Waals surface area (Å²) in [7, 11) is 0. The molecule has 0 bridgehead atoms. The molecule has 0 aliphatic heterocycles. The summed E-state index contributed by atoms with van der Waals surface area (Å²) in [6.07, 6.45) is 1.66. The normalized spacial score (nSPS) is 10.8. The highest BCUT2D eigenvalue weighted by Crippen LogP contribution is 2.22. The number of nitrogen functional groups attached to an aromatic ring is 1. The molecule has 0 aliphatic carbocycles. The lowest BCUT2D eigenvalue weighted by atomic mass is 10.3. The van der Waals surface area contributed by atoms with Crippen molar-refractivity contribution in [3.63, 3.8) is 0 Å². The van der Waals surface area contributed by atoms with Gasteiger partial charge in [0.05, 0.1) is 0 Å². The Morgan fingerprint density at radius 2 is 1.94 bits per heavy atom. The van der Waals surface area contributed by atoms with E-state index in [0.29, 0.717) is 17.0 Å². The zero-order chi connectivity index (χ0) is 12.5. The largest absolute Gasteiger partial charge is 0.306 e. The van der Waals surface area contributed by atoms with Gasteiger partial charge in [-0.2, -0.15) is 9.97 Å². The van der Waals surface area contributed by atoms with Crippen LogP contribution in [0.25, 0.3) is 16.9 Å². The van der Waals surface area contributed by atoms with Crippen LogP contribution in [-0.2, 0) is 0 Å². The van der Waals surface area contributed by atoms with Gasteiger partial charge in [-0.15, -0.1) is 0 Å². The number of imidazole rings is 1. The van der Waals surface area contributed by atoms with E-state index in [2.05, 4.69) is 20.4 Å². The summed E-state index contributed by atoms with van der Waals surface area (Å²) >= 11 is 5.86. The number of fused-ring (bicyclic) bond motifs is 1. The first-order valence-corrected chi connectivity index (χ1v) is 5.60. The predicted octanol–water partition coefficient (Wildman–Crippen LogP) is 1.75. The minimum atomic E-state index is 0.119. The summed E-state index contributed by atoms with van der Waals surface area (Å²) in [5.41, 5.74) is 4.59. The number of aromatic nitrogens is 4. The van der Waals surface area contributed by atoms with Crippen LogP contribution >= 0.6 is 11.6 Å². The molecule has 6 nitrogen and oxygen atoms in total. The zero-order valence-electron chi connectivity index (χ0n) is 9.21. The standard InChI is InChI=1S/C11H9ClN6/c12-11-15-9(17-13)8-10(16-11)18(6-14-8)7-4-2-1-3-5-7/h1-6H,13H2,(H,15,16,17). The van der Waals surface area contributed by atoms with Crippen molar-refractivity contribution in [1.82, 2.24) is 19.5 Å². The third kappa shape index (κ3) is 1.68. The van der Waals surface area contributed by atoms with Crippen LogP contribution in [0.4, 0.5) is 5.82 Å². The highest BCUT2D eigenvalue weighted by molar-refractivity contribution is 6.28. The molecule has 0 amide bonds. The van der Waals surface area contributed by atoms with Gasteiger partial charge in [0.15, 0.2) is 17.0 Å². The minimum Gasteiger partial charge on any atom is -0.306 e. The van der Waals surface area contributed by atoms with E-state index in [-0.39, 0.29) is 5.28 Å². The van der Waals surface area contributed by atoms with Crippen LogP contribution in [0.1, 0.15) is 0 Å². The highest BCUT2D eigenvalue weighted by atomic mass is 35.5. The predicted molar refractivity (Wildman–Crippen MR) is 69.5 cm³/mol. The molecule has 0 saturated heterocycles. The summed E-state index contributed by atoms with van der Waals surface area (Å²) in [6.45, 7) is 0. The van der Waals surface area contributed by atoms with Gasteiger partial charge in [0.25, 0.3) is 0 Å². The van der Waals surface area contributed by atoms with E-state index in [1.165, 1.54) is 0 Å². The number of nitrogens with one attached hydrogen (secondary N) is 1. The van der Waals surface area contributed by atoms with Crippen molar-refractivity contribution in [3.05, 3.63) is 41.9 Å². The van der Waals surface area contributed by atoms with Gasteiger partial charge in [0, 0.05) is 5.69 Å². The van der Waals surface area contributed by atoms with Crippen molar-refractivity contribution in [2.75, 3.05) is 5.43 Å². The first-order valence-electron chi connectivity index (χ1n) is 5.22. The van der Waals surface area contributed by atoms with Crippen LogP contribution in [0.3, 0.4) is 0 Å². The fraction of sp³-hybridized carbons (Fsp3) is 0. The van der Waals surface area contributed by atoms with E-state index in [0.717, 1.165) is 5.69 Å². The topological polar surface area (TPSA) is 81.7 Å². The van der Waals surface area contributed by atoms with E-state index in [1.54, 1.807) is 6.33 Å². The van der Waals surface area contributed by atoms with Gasteiger partial charge in [-0.1, -0.05) is 18.2 Å². The van der Waals surface area contributed by atoms with Gasteiger partial charge in [-0.3, -0.25) is 4.57 Å². The van der Waals surface area contributed by atoms with Gasteiger partial charge >= 0.3 is 0 Å². The number of hydrogen-bond acceptors (Lipinski definition) is 5. The van der Waals surface area contributed by atoms with Crippen LogP contribution in [0, 0.1) is 0 Å². The summed E-state index contributed by atoms with van der Waals surface area (Å²) in [6, 6.07) is 9.72. The number of hydrogen-bond donors (Lipinski definition) is 2. The maximum absolute atomic E-state index is 5.86. The van der Waals surface area contributed by atoms with Gasteiger partial charge in [-0.25, -0.2) is 10.8 Å². The Labute approximate surface area is 107 Å². The van der Waals surface area contributed by atoms with Crippen LogP contribution in [0.5, 0.6) is 0 Å². The smallest absolute Gasteiger partial charge is 0.226 e. The Bertz CT molecular complexity index is 693. The second kappa shape index (κ2) is 4.25. The number of hydrazine groups is 1. The molecule has 0 radical (unpaired) electrons. The first kappa shape index (κ1) is 10.9. The maximum Gasteiger partial charge on any atom is 0.226 e. The molecule has 2 heterocycles. The molecule has 2 aromatic heterocycles. The Kier molecular flexibility index (Phi) is 2.58. The SMILES string of the molecule is NNc1nc(Cl)nc2c1ncn2-c1ccccc1. The number of nitrogens with two attached hydrogens (primary N) is 1. The van der Waals surface area contributed by atoms with Gasteiger partial charge < -0.3 is 5.43 Å². The van der Waals surface area contributed by atoms with Crippen LogP contribution in [0.2, 0.25) is 5.28 Å². The average Bonchev–Trinajstić information content (AvgIpc) is 2.82. The van der Waals surface area contributed by atoms with E-state index >= 15 is 0 Å². The zero-order valence-corrected chi connectivity index (χ0v) is 9.96. The summed E-state index contributed by atoms with van der Waals surface area (Å²) in [5.74, 6) is 5.79. The molecule has 0 unspecified atom stereocenters. The Balaban J connectivity index is 2.30. The van der Waals surface area contributed by atoms with Crippen molar-refractivity contribution in [1.29, 1.82) is 0 Å². The molecule has 7 heteroatoms. The molecular formula is C11H9ClN6. The van der Waals surface area contributed by atoms with E-state index in [1.807, 2.05) is 34.9 Å². The fourth-order valence-electron chi connectivity index (χ4n) is 1.75. The van der Waals surface area contributed by atoms with Crippen LogP contribution in [-0.4, -0.2) is 19.5 Å². The quantitative estimate of drug-likeness (QED) is 0.417. The lowest BCUT2D eigenvalue weighted by Crippen LogP contribution is -2.10. The second-order valence-corrected chi connectivity index (χ2v) is 3.95. The lowest BCUT2D eigenvalue weighted by molar-refractivity contribution is 1.06. The number of nitrogens with zero attached hydrogens (tertiary/aromatic N) is 4. The van der Waals surface area contributed by atoms with E-state index in [4.69, 9.17) is 17.4 Å². The molecule has 0 saturated carbocycles. The van der Waals surface area contributed by atoms with Crippen LogP contribution in [0.15, 0.2) is 36.7 Å². The Morgan fingerprint density at radius 3 is 2.67 bits per heavy atom. The molecule has 18 heavy (non-hydrogen) atoms. The minimum absolute atomic E-state index is 0.119. The van der Waals surface area contributed by atoms with E-state index < -0.39 is 0 Å². The molecule has 0 atom stereocenters.